The fraction of sp³-hybridized carbons (Fsp3) is 0.556. The van der Waals surface area contributed by atoms with Crippen LogP contribution in [0.3, 0.4) is 0 Å². The number of carbonyl (C=O) groups excluding carboxylic acids is 2. The number of nitrogens with zero attached hydrogens (tertiary/aromatic N) is 2. The third kappa shape index (κ3) is 3.55. The summed E-state index contributed by atoms with van der Waals surface area (Å²) in [5.74, 6) is 0.0407. The maximum Gasteiger partial charge on any atom is 0.228 e. The standard InChI is InChI=1S/C18H25N3O2/c1-13-3-5-15(6-4-13)11-20-12-16(9-17(20)22)18(23)21-8-7-19-10-14(21)2/h3-6,14,16,19H,7-12H2,1-2H3. The Labute approximate surface area is 137 Å². The van der Waals surface area contributed by atoms with Gasteiger partial charge in [0.05, 0.1) is 5.92 Å². The summed E-state index contributed by atoms with van der Waals surface area (Å²) < 4.78 is 0. The first-order valence-corrected chi connectivity index (χ1v) is 8.39. The highest BCUT2D eigenvalue weighted by Crippen LogP contribution is 2.23. The number of rotatable bonds is 3. The second kappa shape index (κ2) is 6.71. The van der Waals surface area contributed by atoms with Crippen LogP contribution in [0.2, 0.25) is 0 Å². The van der Waals surface area contributed by atoms with Crippen LogP contribution in [0.15, 0.2) is 24.3 Å². The van der Waals surface area contributed by atoms with Crippen molar-refractivity contribution in [1.82, 2.24) is 15.1 Å². The minimum Gasteiger partial charge on any atom is -0.338 e. The largest absolute Gasteiger partial charge is 0.338 e. The van der Waals surface area contributed by atoms with Gasteiger partial charge >= 0.3 is 0 Å². The molecule has 2 heterocycles. The van der Waals surface area contributed by atoms with Gasteiger partial charge in [-0.1, -0.05) is 29.8 Å². The van der Waals surface area contributed by atoms with E-state index in [-0.39, 0.29) is 23.8 Å². The number of hydrogen-bond acceptors (Lipinski definition) is 3. The van der Waals surface area contributed by atoms with Crippen LogP contribution in [0.4, 0.5) is 0 Å². The van der Waals surface area contributed by atoms with Crippen LogP contribution in [0.5, 0.6) is 0 Å². The van der Waals surface area contributed by atoms with E-state index in [0.29, 0.717) is 19.5 Å². The van der Waals surface area contributed by atoms with Crippen LogP contribution in [0.1, 0.15) is 24.5 Å². The number of likely N-dealkylation sites (tertiary alicyclic amines) is 1. The molecule has 0 spiro atoms. The van der Waals surface area contributed by atoms with Gasteiger partial charge in [-0.2, -0.15) is 0 Å². The minimum absolute atomic E-state index is 0.0895. The van der Waals surface area contributed by atoms with Gasteiger partial charge in [0.1, 0.15) is 0 Å². The highest BCUT2D eigenvalue weighted by molar-refractivity contribution is 5.89. The highest BCUT2D eigenvalue weighted by atomic mass is 16.2. The summed E-state index contributed by atoms with van der Waals surface area (Å²) in [6.07, 6.45) is 0.349. The van der Waals surface area contributed by atoms with Gasteiger partial charge in [-0.25, -0.2) is 0 Å². The summed E-state index contributed by atoms with van der Waals surface area (Å²) in [7, 11) is 0. The SMILES string of the molecule is Cc1ccc(CN2CC(C(=O)N3CCNCC3C)CC2=O)cc1. The van der Waals surface area contributed by atoms with Crippen LogP contribution < -0.4 is 5.32 Å². The van der Waals surface area contributed by atoms with E-state index in [0.717, 1.165) is 25.2 Å². The van der Waals surface area contributed by atoms with E-state index in [1.165, 1.54) is 5.56 Å². The molecule has 0 bridgehead atoms. The van der Waals surface area contributed by atoms with Crippen molar-refractivity contribution in [3.8, 4) is 0 Å². The van der Waals surface area contributed by atoms with E-state index in [1.54, 1.807) is 0 Å². The first kappa shape index (κ1) is 16.0. The fourth-order valence-electron chi connectivity index (χ4n) is 3.41. The number of hydrogen-bond donors (Lipinski definition) is 1. The molecule has 2 unspecified atom stereocenters. The molecule has 124 valence electrons. The Morgan fingerprint density at radius 3 is 2.74 bits per heavy atom. The van der Waals surface area contributed by atoms with E-state index < -0.39 is 0 Å². The van der Waals surface area contributed by atoms with Crippen LogP contribution in [0.25, 0.3) is 0 Å². The molecule has 0 radical (unpaired) electrons. The molecule has 23 heavy (non-hydrogen) atoms. The lowest BCUT2D eigenvalue weighted by Gasteiger charge is -2.35. The molecule has 0 aromatic heterocycles. The molecule has 5 nitrogen and oxygen atoms in total. The monoisotopic (exact) mass is 315 g/mol. The maximum atomic E-state index is 12.7. The van der Waals surface area contributed by atoms with Gasteiger partial charge in [0.25, 0.3) is 0 Å². The Morgan fingerprint density at radius 1 is 1.30 bits per heavy atom. The summed E-state index contributed by atoms with van der Waals surface area (Å²) in [5, 5.41) is 3.29. The Bertz CT molecular complexity index is 584. The lowest BCUT2D eigenvalue weighted by atomic mass is 10.1. The van der Waals surface area contributed by atoms with Gasteiger partial charge in [-0.05, 0) is 19.4 Å². The number of amides is 2. The first-order valence-electron chi connectivity index (χ1n) is 8.39. The quantitative estimate of drug-likeness (QED) is 0.911. The van der Waals surface area contributed by atoms with E-state index in [1.807, 2.05) is 16.7 Å². The Balaban J connectivity index is 1.62. The second-order valence-electron chi connectivity index (χ2n) is 6.75. The number of benzene rings is 1. The van der Waals surface area contributed by atoms with Crippen molar-refractivity contribution < 1.29 is 9.59 Å². The first-order chi connectivity index (χ1) is 11.0. The van der Waals surface area contributed by atoms with Gasteiger partial charge < -0.3 is 15.1 Å². The van der Waals surface area contributed by atoms with Crippen LogP contribution in [0, 0.1) is 12.8 Å². The van der Waals surface area contributed by atoms with E-state index in [9.17, 15) is 9.59 Å². The van der Waals surface area contributed by atoms with Crippen molar-refractivity contribution in [1.29, 1.82) is 0 Å². The van der Waals surface area contributed by atoms with Crippen molar-refractivity contribution >= 4 is 11.8 Å². The average Bonchev–Trinajstić information content (AvgIpc) is 2.90. The molecule has 2 atom stereocenters. The highest BCUT2D eigenvalue weighted by Gasteiger charge is 2.38. The molecule has 0 saturated carbocycles. The molecule has 2 saturated heterocycles. The Hall–Kier alpha value is -1.88. The zero-order valence-electron chi connectivity index (χ0n) is 13.9. The Morgan fingerprint density at radius 2 is 2.04 bits per heavy atom. The molecule has 3 rings (SSSR count). The molecule has 0 aliphatic carbocycles. The van der Waals surface area contributed by atoms with Crippen molar-refractivity contribution in [3.05, 3.63) is 35.4 Å². The number of nitrogens with one attached hydrogen (secondary N) is 1. The number of carbonyl (C=O) groups is 2. The topological polar surface area (TPSA) is 52.7 Å². The summed E-state index contributed by atoms with van der Waals surface area (Å²) in [6, 6.07) is 8.42. The van der Waals surface area contributed by atoms with Gasteiger partial charge in [0.2, 0.25) is 11.8 Å². The Kier molecular flexibility index (Phi) is 4.66. The second-order valence-corrected chi connectivity index (χ2v) is 6.75. The van der Waals surface area contributed by atoms with Crippen molar-refractivity contribution in [2.24, 2.45) is 5.92 Å². The smallest absolute Gasteiger partial charge is 0.228 e. The van der Waals surface area contributed by atoms with Crippen molar-refractivity contribution in [2.45, 2.75) is 32.9 Å². The molecule has 2 aliphatic rings. The van der Waals surface area contributed by atoms with Gasteiger partial charge in [0, 0.05) is 45.2 Å². The third-order valence-electron chi connectivity index (χ3n) is 4.84. The van der Waals surface area contributed by atoms with Crippen molar-refractivity contribution in [3.63, 3.8) is 0 Å². The maximum absolute atomic E-state index is 12.7. The molecular formula is C18H25N3O2. The van der Waals surface area contributed by atoms with Crippen LogP contribution in [-0.2, 0) is 16.1 Å². The summed E-state index contributed by atoms with van der Waals surface area (Å²) in [5.41, 5.74) is 2.33. The van der Waals surface area contributed by atoms with E-state index in [4.69, 9.17) is 0 Å². The molecular weight excluding hydrogens is 290 g/mol. The lowest BCUT2D eigenvalue weighted by Crippen LogP contribution is -2.54. The zero-order chi connectivity index (χ0) is 16.4. The molecule has 2 amide bonds. The number of aryl methyl sites for hydroxylation is 1. The third-order valence-corrected chi connectivity index (χ3v) is 4.84. The summed E-state index contributed by atoms with van der Waals surface area (Å²) in [4.78, 5) is 28.7. The van der Waals surface area contributed by atoms with E-state index in [2.05, 4.69) is 36.5 Å². The molecule has 1 N–H and O–H groups in total. The molecule has 2 aliphatic heterocycles. The average molecular weight is 315 g/mol. The fourth-order valence-corrected chi connectivity index (χ4v) is 3.41. The predicted molar refractivity (Wildman–Crippen MR) is 88.7 cm³/mol. The van der Waals surface area contributed by atoms with Crippen LogP contribution >= 0.6 is 0 Å². The molecule has 1 aromatic rings. The van der Waals surface area contributed by atoms with Crippen molar-refractivity contribution in [2.75, 3.05) is 26.2 Å². The molecule has 1 aromatic carbocycles. The lowest BCUT2D eigenvalue weighted by molar-refractivity contribution is -0.138. The van der Waals surface area contributed by atoms with Gasteiger partial charge in [-0.3, -0.25) is 9.59 Å². The van der Waals surface area contributed by atoms with Crippen LogP contribution in [-0.4, -0.2) is 53.8 Å². The van der Waals surface area contributed by atoms with Gasteiger partial charge in [0.15, 0.2) is 0 Å². The van der Waals surface area contributed by atoms with Gasteiger partial charge in [-0.15, -0.1) is 0 Å². The minimum atomic E-state index is -0.187. The number of piperazine rings is 1. The normalized spacial score (nSPS) is 25.0. The molecule has 5 heteroatoms. The van der Waals surface area contributed by atoms with E-state index >= 15 is 0 Å². The zero-order valence-corrected chi connectivity index (χ0v) is 13.9. The molecule has 2 fully saturated rings. The summed E-state index contributed by atoms with van der Waals surface area (Å²) in [6.45, 7) is 7.66. The summed E-state index contributed by atoms with van der Waals surface area (Å²) >= 11 is 0. The predicted octanol–water partition coefficient (Wildman–Crippen LogP) is 1.16.